The first-order chi connectivity index (χ1) is 14.1. The summed E-state index contributed by atoms with van der Waals surface area (Å²) in [5.74, 6) is -0.536. The number of aromatic nitrogens is 3. The van der Waals surface area contributed by atoms with Crippen molar-refractivity contribution in [2.24, 2.45) is 0 Å². The average molecular weight is 395 g/mol. The summed E-state index contributed by atoms with van der Waals surface area (Å²) in [6.07, 6.45) is 1.63. The fraction of sp³-hybridized carbons (Fsp3) is 0.0952. The van der Waals surface area contributed by atoms with E-state index in [0.29, 0.717) is 16.9 Å². The molecule has 0 aliphatic heterocycles. The van der Waals surface area contributed by atoms with Gasteiger partial charge in [-0.05, 0) is 35.9 Å². The standard InChI is InChI=1S/C21H15F2N3O3/c1-28-20(27)18-11-17(14-7-9-15(10-8-14)29-21(22)23)25-19-16(12-24-26(18)19)13-5-3-2-4-6-13/h2-12,21H,1H3. The van der Waals surface area contributed by atoms with E-state index in [1.54, 1.807) is 24.4 Å². The Bertz CT molecular complexity index is 1160. The van der Waals surface area contributed by atoms with Gasteiger partial charge in [0.1, 0.15) is 5.75 Å². The first-order valence-corrected chi connectivity index (χ1v) is 8.64. The molecule has 0 saturated carbocycles. The molecule has 0 N–H and O–H groups in total. The molecule has 8 heteroatoms. The molecule has 0 aliphatic rings. The highest BCUT2D eigenvalue weighted by molar-refractivity contribution is 5.91. The van der Waals surface area contributed by atoms with Crippen molar-refractivity contribution in [3.05, 3.63) is 72.6 Å². The van der Waals surface area contributed by atoms with Gasteiger partial charge in [-0.15, -0.1) is 0 Å². The van der Waals surface area contributed by atoms with Crippen LogP contribution in [-0.4, -0.2) is 34.3 Å². The maximum Gasteiger partial charge on any atom is 0.387 e. The normalized spacial score (nSPS) is 11.0. The van der Waals surface area contributed by atoms with Gasteiger partial charge in [-0.3, -0.25) is 0 Å². The number of methoxy groups -OCH3 is 1. The van der Waals surface area contributed by atoms with Crippen molar-refractivity contribution in [3.8, 4) is 28.1 Å². The number of alkyl halides is 2. The van der Waals surface area contributed by atoms with Gasteiger partial charge in [-0.2, -0.15) is 13.9 Å². The van der Waals surface area contributed by atoms with Gasteiger partial charge in [-0.25, -0.2) is 14.3 Å². The molecular formula is C21H15F2N3O3. The molecule has 29 heavy (non-hydrogen) atoms. The number of carbonyl (C=O) groups excluding carboxylic acids is 1. The van der Waals surface area contributed by atoms with E-state index in [4.69, 9.17) is 4.74 Å². The molecule has 0 aliphatic carbocycles. The molecule has 0 spiro atoms. The lowest BCUT2D eigenvalue weighted by Gasteiger charge is -2.09. The quantitative estimate of drug-likeness (QED) is 0.467. The predicted molar refractivity (Wildman–Crippen MR) is 102 cm³/mol. The summed E-state index contributed by atoms with van der Waals surface area (Å²) in [6, 6.07) is 17.1. The number of halogens is 2. The summed E-state index contributed by atoms with van der Waals surface area (Å²) in [5, 5.41) is 4.30. The Labute approximate surface area is 164 Å². The van der Waals surface area contributed by atoms with Gasteiger partial charge in [0.15, 0.2) is 11.3 Å². The molecule has 4 aromatic rings. The zero-order valence-electron chi connectivity index (χ0n) is 15.3. The Kier molecular flexibility index (Phi) is 4.90. The van der Waals surface area contributed by atoms with E-state index in [1.807, 2.05) is 30.3 Å². The smallest absolute Gasteiger partial charge is 0.387 e. The first-order valence-electron chi connectivity index (χ1n) is 8.64. The number of nitrogens with zero attached hydrogens (tertiary/aromatic N) is 3. The molecule has 4 rings (SSSR count). The Morgan fingerprint density at radius 2 is 1.76 bits per heavy atom. The highest BCUT2D eigenvalue weighted by Crippen LogP contribution is 2.28. The van der Waals surface area contributed by atoms with Gasteiger partial charge in [0.2, 0.25) is 0 Å². The highest BCUT2D eigenvalue weighted by atomic mass is 19.3. The van der Waals surface area contributed by atoms with E-state index < -0.39 is 12.6 Å². The molecule has 6 nitrogen and oxygen atoms in total. The monoisotopic (exact) mass is 395 g/mol. The van der Waals surface area contributed by atoms with E-state index in [2.05, 4.69) is 14.8 Å². The molecule has 2 aromatic carbocycles. The number of ether oxygens (including phenoxy) is 2. The van der Waals surface area contributed by atoms with Crippen LogP contribution in [0.5, 0.6) is 5.75 Å². The number of benzene rings is 2. The summed E-state index contributed by atoms with van der Waals surface area (Å²) in [5.41, 5.74) is 3.40. The second kappa shape index (κ2) is 7.67. The summed E-state index contributed by atoms with van der Waals surface area (Å²) in [7, 11) is 1.28. The van der Waals surface area contributed by atoms with Crippen molar-refractivity contribution in [2.75, 3.05) is 7.11 Å². The SMILES string of the molecule is COC(=O)c1cc(-c2ccc(OC(F)F)cc2)nc2c(-c3ccccc3)cnn12. The number of hydrogen-bond acceptors (Lipinski definition) is 5. The zero-order chi connectivity index (χ0) is 20.4. The molecule has 2 heterocycles. The average Bonchev–Trinajstić information content (AvgIpc) is 3.17. The van der Waals surface area contributed by atoms with Gasteiger partial charge in [0, 0.05) is 11.1 Å². The van der Waals surface area contributed by atoms with Crippen LogP contribution in [0.3, 0.4) is 0 Å². The first kappa shape index (κ1) is 18.5. The van der Waals surface area contributed by atoms with Crippen LogP contribution in [0.25, 0.3) is 28.0 Å². The topological polar surface area (TPSA) is 65.7 Å². The fourth-order valence-corrected chi connectivity index (χ4v) is 2.99. The lowest BCUT2D eigenvalue weighted by atomic mass is 10.1. The van der Waals surface area contributed by atoms with E-state index in [1.165, 1.54) is 23.8 Å². The van der Waals surface area contributed by atoms with Crippen molar-refractivity contribution < 1.29 is 23.0 Å². The number of esters is 1. The molecule has 2 aromatic heterocycles. The Hall–Kier alpha value is -3.81. The van der Waals surface area contributed by atoms with Crippen molar-refractivity contribution in [1.82, 2.24) is 14.6 Å². The van der Waals surface area contributed by atoms with E-state index in [0.717, 1.165) is 11.1 Å². The van der Waals surface area contributed by atoms with E-state index in [-0.39, 0.29) is 11.4 Å². The van der Waals surface area contributed by atoms with Crippen molar-refractivity contribution in [1.29, 1.82) is 0 Å². The van der Waals surface area contributed by atoms with Crippen LogP contribution in [0, 0.1) is 0 Å². The largest absolute Gasteiger partial charge is 0.464 e. The Morgan fingerprint density at radius 3 is 2.41 bits per heavy atom. The summed E-state index contributed by atoms with van der Waals surface area (Å²) < 4.78 is 35.4. The predicted octanol–water partition coefficient (Wildman–Crippen LogP) is 4.45. The van der Waals surface area contributed by atoms with Crippen LogP contribution in [0.15, 0.2) is 66.9 Å². The Morgan fingerprint density at radius 1 is 1.03 bits per heavy atom. The number of carbonyl (C=O) groups is 1. The second-order valence-corrected chi connectivity index (χ2v) is 6.08. The summed E-state index contributed by atoms with van der Waals surface area (Å²) in [4.78, 5) is 17.0. The zero-order valence-corrected chi connectivity index (χ0v) is 15.3. The number of rotatable bonds is 5. The van der Waals surface area contributed by atoms with Crippen LogP contribution < -0.4 is 4.74 Å². The highest BCUT2D eigenvalue weighted by Gasteiger charge is 2.19. The maximum atomic E-state index is 12.4. The van der Waals surface area contributed by atoms with Gasteiger partial charge >= 0.3 is 12.6 Å². The number of hydrogen-bond donors (Lipinski definition) is 0. The maximum absolute atomic E-state index is 12.4. The summed E-state index contributed by atoms with van der Waals surface area (Å²) in [6.45, 7) is -2.90. The molecule has 0 amide bonds. The third-order valence-electron chi connectivity index (χ3n) is 4.33. The fourth-order valence-electron chi connectivity index (χ4n) is 2.99. The van der Waals surface area contributed by atoms with Gasteiger partial charge in [-0.1, -0.05) is 30.3 Å². The molecule has 0 saturated heterocycles. The van der Waals surface area contributed by atoms with Crippen molar-refractivity contribution in [3.63, 3.8) is 0 Å². The Balaban J connectivity index is 1.87. The summed E-state index contributed by atoms with van der Waals surface area (Å²) >= 11 is 0. The van der Waals surface area contributed by atoms with Crippen LogP contribution in [0.4, 0.5) is 8.78 Å². The van der Waals surface area contributed by atoms with Crippen molar-refractivity contribution >= 4 is 11.6 Å². The van der Waals surface area contributed by atoms with Crippen LogP contribution in [0.2, 0.25) is 0 Å². The van der Waals surface area contributed by atoms with Gasteiger partial charge < -0.3 is 9.47 Å². The molecule has 0 radical (unpaired) electrons. The van der Waals surface area contributed by atoms with E-state index in [9.17, 15) is 13.6 Å². The molecule has 0 atom stereocenters. The molecule has 0 unspecified atom stereocenters. The minimum Gasteiger partial charge on any atom is -0.464 e. The van der Waals surface area contributed by atoms with Crippen LogP contribution in [0.1, 0.15) is 10.5 Å². The molecule has 0 fully saturated rings. The lowest BCUT2D eigenvalue weighted by Crippen LogP contribution is -2.10. The minimum absolute atomic E-state index is 0.0346. The molecule has 0 bridgehead atoms. The van der Waals surface area contributed by atoms with Gasteiger partial charge in [0.05, 0.1) is 19.0 Å². The third kappa shape index (κ3) is 3.64. The molecular weight excluding hydrogens is 380 g/mol. The van der Waals surface area contributed by atoms with Crippen molar-refractivity contribution in [2.45, 2.75) is 6.61 Å². The van der Waals surface area contributed by atoms with E-state index >= 15 is 0 Å². The third-order valence-corrected chi connectivity index (χ3v) is 4.33. The minimum atomic E-state index is -2.90. The molecule has 146 valence electrons. The van der Waals surface area contributed by atoms with Gasteiger partial charge in [0.25, 0.3) is 0 Å². The lowest BCUT2D eigenvalue weighted by molar-refractivity contribution is -0.0498. The van der Waals surface area contributed by atoms with Crippen LogP contribution in [-0.2, 0) is 4.74 Å². The van der Waals surface area contributed by atoms with Crippen LogP contribution >= 0.6 is 0 Å². The second-order valence-electron chi connectivity index (χ2n) is 6.08. The number of fused-ring (bicyclic) bond motifs is 1.